The maximum Gasteiger partial charge on any atom is 0.412 e. The molecule has 1 fully saturated rings. The van der Waals surface area contributed by atoms with Crippen LogP contribution in [-0.2, 0) is 20.7 Å². The van der Waals surface area contributed by atoms with Gasteiger partial charge in [0.05, 0.1) is 12.6 Å². The molecule has 246 valence electrons. The van der Waals surface area contributed by atoms with Gasteiger partial charge in [0.15, 0.2) is 0 Å². The zero-order valence-corrected chi connectivity index (χ0v) is 26.3. The molecule has 1 saturated heterocycles. The molecule has 2 aliphatic rings. The molecule has 0 saturated carbocycles. The second-order valence-electron chi connectivity index (χ2n) is 12.8. The van der Waals surface area contributed by atoms with Crippen LogP contribution in [0.25, 0.3) is 10.4 Å². The molecule has 1 N–H and O–H groups in total. The normalized spacial score (nSPS) is 20.6. The summed E-state index contributed by atoms with van der Waals surface area (Å²) in [5, 5.41) is 6.33. The molecule has 0 radical (unpaired) electrons. The van der Waals surface area contributed by atoms with Gasteiger partial charge in [0.25, 0.3) is 0 Å². The number of azide groups is 1. The van der Waals surface area contributed by atoms with Crippen molar-refractivity contribution in [3.05, 3.63) is 99.5 Å². The Labute approximate surface area is 264 Å². The van der Waals surface area contributed by atoms with Crippen LogP contribution in [0.5, 0.6) is 0 Å². The fourth-order valence-electron chi connectivity index (χ4n) is 5.89. The standard InChI is InChI=1S/C33H37F4N5O4/c1-32(2,3)46-31(44)42-24(18-45-33(42,4)5)13-14-25-26(37)7-6-8-27(25)39-30(43)29(40-41-38)28(19-9-11-21(34)12-10-19)20-15-22(35)17-23(36)16-20/h6-12,15,17,20,24,28-29H,13-14,16,18H2,1-5H3,(H,39,43)/t20?,24-,28-,29-/m0/s1. The highest BCUT2D eigenvalue weighted by molar-refractivity contribution is 5.96. The van der Waals surface area contributed by atoms with Crippen LogP contribution in [0.4, 0.5) is 28.0 Å². The van der Waals surface area contributed by atoms with Crippen LogP contribution in [0.2, 0.25) is 0 Å². The SMILES string of the molecule is CC(C)(C)OC(=O)N1[C@@H](CCc2c(F)cccc2NC(=O)[C@@H](N=[N+]=[N-])[C@@H](c2ccc(F)cc2)C2C=C(F)C=C(F)C2)COC1(C)C. The number of carbonyl (C=O) groups excluding carboxylic acids is 2. The lowest BCUT2D eigenvalue weighted by molar-refractivity contribution is -0.118. The van der Waals surface area contributed by atoms with E-state index in [1.165, 1.54) is 35.2 Å². The number of rotatable bonds is 9. The molecule has 2 amide bonds. The minimum absolute atomic E-state index is 0.0752. The van der Waals surface area contributed by atoms with E-state index >= 15 is 4.39 Å². The van der Waals surface area contributed by atoms with E-state index in [4.69, 9.17) is 9.47 Å². The van der Waals surface area contributed by atoms with Crippen LogP contribution in [0.15, 0.2) is 71.4 Å². The van der Waals surface area contributed by atoms with Gasteiger partial charge in [-0.1, -0.05) is 23.3 Å². The van der Waals surface area contributed by atoms with Crippen molar-refractivity contribution in [2.45, 2.75) is 83.2 Å². The van der Waals surface area contributed by atoms with Crippen molar-refractivity contribution in [1.82, 2.24) is 4.90 Å². The lowest BCUT2D eigenvalue weighted by Crippen LogP contribution is -2.50. The van der Waals surface area contributed by atoms with E-state index in [9.17, 15) is 28.3 Å². The van der Waals surface area contributed by atoms with Crippen molar-refractivity contribution in [2.24, 2.45) is 11.0 Å². The maximum atomic E-state index is 15.3. The number of nitrogens with one attached hydrogen (secondary N) is 1. The van der Waals surface area contributed by atoms with Crippen molar-refractivity contribution in [3.8, 4) is 0 Å². The van der Waals surface area contributed by atoms with Crippen molar-refractivity contribution < 1.29 is 36.6 Å². The summed E-state index contributed by atoms with van der Waals surface area (Å²) in [5.74, 6) is -5.76. The average Bonchev–Trinajstić information content (AvgIpc) is 3.25. The predicted octanol–water partition coefficient (Wildman–Crippen LogP) is 8.40. The van der Waals surface area contributed by atoms with E-state index in [2.05, 4.69) is 15.3 Å². The zero-order chi connectivity index (χ0) is 33.8. The second-order valence-corrected chi connectivity index (χ2v) is 12.8. The van der Waals surface area contributed by atoms with E-state index < -0.39 is 70.5 Å². The molecule has 4 atom stereocenters. The van der Waals surface area contributed by atoms with E-state index in [1.807, 2.05) is 0 Å². The third-order valence-electron chi connectivity index (χ3n) is 7.87. The van der Waals surface area contributed by atoms with Gasteiger partial charge in [0.2, 0.25) is 5.91 Å². The number of hydrogen-bond acceptors (Lipinski definition) is 5. The van der Waals surface area contributed by atoms with Gasteiger partial charge in [-0.2, -0.15) is 0 Å². The molecular formula is C33H37F4N5O4. The summed E-state index contributed by atoms with van der Waals surface area (Å²) in [6.45, 7) is 8.88. The van der Waals surface area contributed by atoms with Crippen LogP contribution in [-0.4, -0.2) is 46.9 Å². The van der Waals surface area contributed by atoms with Crippen LogP contribution >= 0.6 is 0 Å². The van der Waals surface area contributed by atoms with Gasteiger partial charge < -0.3 is 14.8 Å². The Morgan fingerprint density at radius 3 is 2.48 bits per heavy atom. The first-order chi connectivity index (χ1) is 21.6. The van der Waals surface area contributed by atoms with Gasteiger partial charge in [0.1, 0.15) is 40.7 Å². The number of halogens is 4. The first-order valence-corrected chi connectivity index (χ1v) is 14.9. The molecule has 2 aromatic carbocycles. The van der Waals surface area contributed by atoms with E-state index in [1.54, 1.807) is 34.6 Å². The Hall–Kier alpha value is -4.35. The average molecular weight is 644 g/mol. The first kappa shape index (κ1) is 34.5. The topological polar surface area (TPSA) is 117 Å². The first-order valence-electron chi connectivity index (χ1n) is 14.9. The number of hydrogen-bond donors (Lipinski definition) is 1. The van der Waals surface area contributed by atoms with Gasteiger partial charge in [-0.3, -0.25) is 9.69 Å². The lowest BCUT2D eigenvalue weighted by atomic mass is 9.77. The monoisotopic (exact) mass is 643 g/mol. The number of ether oxygens (including phenoxy) is 2. The van der Waals surface area contributed by atoms with Crippen LogP contribution in [0, 0.1) is 17.6 Å². The summed E-state index contributed by atoms with van der Waals surface area (Å²) in [6.07, 6.45) is 1.30. The number of amides is 2. The molecule has 1 aliphatic carbocycles. The predicted molar refractivity (Wildman–Crippen MR) is 164 cm³/mol. The van der Waals surface area contributed by atoms with Crippen LogP contribution in [0.1, 0.15) is 64.5 Å². The third-order valence-corrected chi connectivity index (χ3v) is 7.87. The quantitative estimate of drug-likeness (QED) is 0.128. The molecular weight excluding hydrogens is 606 g/mol. The highest BCUT2D eigenvalue weighted by Crippen LogP contribution is 2.40. The summed E-state index contributed by atoms with van der Waals surface area (Å²) in [4.78, 5) is 31.1. The highest BCUT2D eigenvalue weighted by atomic mass is 19.1. The Bertz CT molecular complexity index is 1560. The molecule has 0 bridgehead atoms. The summed E-state index contributed by atoms with van der Waals surface area (Å²) in [6, 6.07) is 7.02. The van der Waals surface area contributed by atoms with Crippen LogP contribution < -0.4 is 5.32 Å². The van der Waals surface area contributed by atoms with Crippen molar-refractivity contribution in [3.63, 3.8) is 0 Å². The van der Waals surface area contributed by atoms with E-state index in [-0.39, 0.29) is 37.1 Å². The zero-order valence-electron chi connectivity index (χ0n) is 26.3. The second kappa shape index (κ2) is 14.0. The van der Waals surface area contributed by atoms with Gasteiger partial charge >= 0.3 is 6.09 Å². The molecule has 1 unspecified atom stereocenters. The number of benzene rings is 2. The largest absolute Gasteiger partial charge is 0.444 e. The molecule has 0 aromatic heterocycles. The van der Waals surface area contributed by atoms with Gasteiger partial charge in [-0.05, 0) is 94.8 Å². The summed E-state index contributed by atoms with van der Waals surface area (Å²) >= 11 is 0. The minimum atomic E-state index is -1.56. The third kappa shape index (κ3) is 8.27. The lowest BCUT2D eigenvalue weighted by Gasteiger charge is -2.35. The Kier molecular flexibility index (Phi) is 10.5. The molecule has 4 rings (SSSR count). The Morgan fingerprint density at radius 2 is 1.85 bits per heavy atom. The molecule has 46 heavy (non-hydrogen) atoms. The highest BCUT2D eigenvalue weighted by Gasteiger charge is 2.45. The number of anilines is 1. The molecule has 0 spiro atoms. The van der Waals surface area contributed by atoms with E-state index in [0.717, 1.165) is 24.3 Å². The summed E-state index contributed by atoms with van der Waals surface area (Å²) in [5.41, 5.74) is 8.20. The molecule has 9 nitrogen and oxygen atoms in total. The molecule has 1 aliphatic heterocycles. The smallest absolute Gasteiger partial charge is 0.412 e. The maximum absolute atomic E-state index is 15.3. The minimum Gasteiger partial charge on any atom is -0.444 e. The fraction of sp³-hybridized carbons (Fsp3) is 0.455. The van der Waals surface area contributed by atoms with Crippen molar-refractivity contribution in [2.75, 3.05) is 11.9 Å². The van der Waals surface area contributed by atoms with Crippen molar-refractivity contribution >= 4 is 17.7 Å². The van der Waals surface area contributed by atoms with Gasteiger partial charge in [-0.25, -0.2) is 22.4 Å². The van der Waals surface area contributed by atoms with Crippen LogP contribution in [0.3, 0.4) is 0 Å². The Balaban J connectivity index is 1.61. The fourth-order valence-corrected chi connectivity index (χ4v) is 5.89. The van der Waals surface area contributed by atoms with Crippen molar-refractivity contribution in [1.29, 1.82) is 0 Å². The Morgan fingerprint density at radius 1 is 1.15 bits per heavy atom. The summed E-state index contributed by atoms with van der Waals surface area (Å²) in [7, 11) is 0. The van der Waals surface area contributed by atoms with Gasteiger partial charge in [-0.15, -0.1) is 0 Å². The molecule has 13 heteroatoms. The number of allylic oxidation sites excluding steroid dienone is 4. The summed E-state index contributed by atoms with van der Waals surface area (Å²) < 4.78 is 69.2. The number of carbonyl (C=O) groups is 2. The number of nitrogens with zero attached hydrogens (tertiary/aromatic N) is 4. The molecule has 1 heterocycles. The van der Waals surface area contributed by atoms with E-state index in [0.29, 0.717) is 5.56 Å². The molecule has 2 aromatic rings. The van der Waals surface area contributed by atoms with Gasteiger partial charge in [0, 0.05) is 34.6 Å².